The molecule has 0 unspecified atom stereocenters. The quantitative estimate of drug-likeness (QED) is 0.332. The summed E-state index contributed by atoms with van der Waals surface area (Å²) in [6.45, 7) is 2.88. The number of ether oxygens (including phenoxy) is 1. The van der Waals surface area contributed by atoms with Gasteiger partial charge in [0, 0.05) is 24.7 Å². The SMILES string of the molecule is CCCN(Cc1c(-c2ccccc2)nn(C)c1Oc1ccccc1)C(=O)c1ccc(F)cc1. The number of halogens is 1. The molecule has 1 aromatic heterocycles. The maximum absolute atomic E-state index is 13.4. The molecule has 168 valence electrons. The van der Waals surface area contributed by atoms with E-state index in [0.29, 0.717) is 30.3 Å². The number of amides is 1. The lowest BCUT2D eigenvalue weighted by atomic mass is 10.1. The van der Waals surface area contributed by atoms with Crippen LogP contribution in [0.25, 0.3) is 11.3 Å². The summed E-state index contributed by atoms with van der Waals surface area (Å²) in [5, 5.41) is 4.74. The van der Waals surface area contributed by atoms with Crippen molar-refractivity contribution >= 4 is 5.91 Å². The monoisotopic (exact) mass is 443 g/mol. The highest BCUT2D eigenvalue weighted by Gasteiger charge is 2.24. The van der Waals surface area contributed by atoms with Gasteiger partial charge in [0.15, 0.2) is 0 Å². The Morgan fingerprint density at radius 2 is 1.61 bits per heavy atom. The molecule has 3 aromatic carbocycles. The Labute approximate surface area is 193 Å². The predicted octanol–water partition coefficient (Wildman–Crippen LogP) is 6.07. The number of rotatable bonds is 8. The molecule has 0 spiro atoms. The summed E-state index contributed by atoms with van der Waals surface area (Å²) in [5.74, 6) is 0.734. The fourth-order valence-electron chi connectivity index (χ4n) is 3.74. The summed E-state index contributed by atoms with van der Waals surface area (Å²) >= 11 is 0. The van der Waals surface area contributed by atoms with Crippen LogP contribution in [0.1, 0.15) is 29.3 Å². The number of nitrogens with zero attached hydrogens (tertiary/aromatic N) is 3. The molecule has 1 amide bonds. The minimum Gasteiger partial charge on any atom is -0.439 e. The lowest BCUT2D eigenvalue weighted by Crippen LogP contribution is -2.31. The molecule has 1 heterocycles. The van der Waals surface area contributed by atoms with Crippen molar-refractivity contribution in [3.63, 3.8) is 0 Å². The van der Waals surface area contributed by atoms with E-state index in [1.165, 1.54) is 24.3 Å². The Hall–Kier alpha value is -3.93. The molecule has 4 aromatic rings. The highest BCUT2D eigenvalue weighted by Crippen LogP contribution is 2.34. The molecule has 0 saturated carbocycles. The fraction of sp³-hybridized carbons (Fsp3) is 0.185. The van der Waals surface area contributed by atoms with Crippen LogP contribution in [0.15, 0.2) is 84.9 Å². The van der Waals surface area contributed by atoms with Gasteiger partial charge in [0.1, 0.15) is 17.3 Å². The summed E-state index contributed by atoms with van der Waals surface area (Å²) in [5.41, 5.74) is 2.96. The fourth-order valence-corrected chi connectivity index (χ4v) is 3.74. The first kappa shape index (κ1) is 22.3. The Morgan fingerprint density at radius 1 is 0.970 bits per heavy atom. The van der Waals surface area contributed by atoms with Crippen molar-refractivity contribution in [3.05, 3.63) is 102 Å². The van der Waals surface area contributed by atoms with Crippen molar-refractivity contribution < 1.29 is 13.9 Å². The molecule has 0 aliphatic carbocycles. The number of hydrogen-bond donors (Lipinski definition) is 0. The molecule has 5 nitrogen and oxygen atoms in total. The van der Waals surface area contributed by atoms with Crippen molar-refractivity contribution in [1.29, 1.82) is 0 Å². The van der Waals surface area contributed by atoms with Crippen LogP contribution in [0.4, 0.5) is 4.39 Å². The number of aromatic nitrogens is 2. The lowest BCUT2D eigenvalue weighted by molar-refractivity contribution is 0.0742. The minimum atomic E-state index is -0.370. The second-order valence-corrected chi connectivity index (χ2v) is 7.77. The van der Waals surface area contributed by atoms with Gasteiger partial charge in [-0.2, -0.15) is 5.10 Å². The Balaban J connectivity index is 1.75. The molecular weight excluding hydrogens is 417 g/mol. The van der Waals surface area contributed by atoms with E-state index in [1.807, 2.05) is 74.6 Å². The zero-order valence-corrected chi connectivity index (χ0v) is 18.7. The number of benzene rings is 3. The first-order valence-electron chi connectivity index (χ1n) is 11.0. The highest BCUT2D eigenvalue weighted by molar-refractivity contribution is 5.94. The predicted molar refractivity (Wildman–Crippen MR) is 127 cm³/mol. The number of para-hydroxylation sites is 1. The van der Waals surface area contributed by atoms with Crippen LogP contribution in [0, 0.1) is 5.82 Å². The van der Waals surface area contributed by atoms with Gasteiger partial charge in [-0.1, -0.05) is 55.5 Å². The maximum Gasteiger partial charge on any atom is 0.254 e. The molecule has 0 N–H and O–H groups in total. The van der Waals surface area contributed by atoms with Crippen molar-refractivity contribution in [1.82, 2.24) is 14.7 Å². The topological polar surface area (TPSA) is 47.4 Å². The molecule has 0 atom stereocenters. The van der Waals surface area contributed by atoms with E-state index in [1.54, 1.807) is 9.58 Å². The minimum absolute atomic E-state index is 0.162. The summed E-state index contributed by atoms with van der Waals surface area (Å²) in [7, 11) is 1.83. The Bertz CT molecular complexity index is 1210. The first-order chi connectivity index (χ1) is 16.1. The van der Waals surface area contributed by atoms with Gasteiger partial charge in [-0.25, -0.2) is 9.07 Å². The molecule has 4 rings (SSSR count). The molecule has 33 heavy (non-hydrogen) atoms. The average Bonchev–Trinajstić information content (AvgIpc) is 3.15. The van der Waals surface area contributed by atoms with Gasteiger partial charge in [0.05, 0.1) is 12.1 Å². The summed E-state index contributed by atoms with van der Waals surface area (Å²) in [6, 6.07) is 25.0. The molecule has 0 aliphatic heterocycles. The third kappa shape index (κ3) is 5.12. The van der Waals surface area contributed by atoms with Crippen LogP contribution < -0.4 is 4.74 Å². The van der Waals surface area contributed by atoms with E-state index < -0.39 is 0 Å². The van der Waals surface area contributed by atoms with Gasteiger partial charge in [-0.15, -0.1) is 0 Å². The smallest absolute Gasteiger partial charge is 0.254 e. The van der Waals surface area contributed by atoms with Gasteiger partial charge in [-0.05, 0) is 42.8 Å². The summed E-state index contributed by atoms with van der Waals surface area (Å²) in [4.78, 5) is 15.1. The molecular formula is C27H26FN3O2. The van der Waals surface area contributed by atoms with Crippen molar-refractivity contribution in [2.45, 2.75) is 19.9 Å². The van der Waals surface area contributed by atoms with E-state index in [9.17, 15) is 9.18 Å². The summed E-state index contributed by atoms with van der Waals surface area (Å²) < 4.78 is 21.3. The number of carbonyl (C=O) groups is 1. The van der Waals surface area contributed by atoms with E-state index in [2.05, 4.69) is 0 Å². The Kier molecular flexibility index (Phi) is 6.83. The van der Waals surface area contributed by atoms with Gasteiger partial charge >= 0.3 is 0 Å². The van der Waals surface area contributed by atoms with Crippen LogP contribution in [0.3, 0.4) is 0 Å². The third-order valence-electron chi connectivity index (χ3n) is 5.31. The van der Waals surface area contributed by atoms with Gasteiger partial charge < -0.3 is 9.64 Å². The van der Waals surface area contributed by atoms with Crippen molar-refractivity contribution in [2.24, 2.45) is 7.05 Å². The third-order valence-corrected chi connectivity index (χ3v) is 5.31. The molecule has 0 radical (unpaired) electrons. The number of hydrogen-bond acceptors (Lipinski definition) is 3. The first-order valence-corrected chi connectivity index (χ1v) is 11.0. The van der Waals surface area contributed by atoms with Gasteiger partial charge in [0.25, 0.3) is 5.91 Å². The molecule has 0 bridgehead atoms. The van der Waals surface area contributed by atoms with Gasteiger partial charge in [0.2, 0.25) is 5.88 Å². The maximum atomic E-state index is 13.4. The zero-order valence-electron chi connectivity index (χ0n) is 18.7. The van der Waals surface area contributed by atoms with Gasteiger partial charge in [-0.3, -0.25) is 4.79 Å². The van der Waals surface area contributed by atoms with Crippen molar-refractivity contribution in [2.75, 3.05) is 6.54 Å². The van der Waals surface area contributed by atoms with E-state index in [4.69, 9.17) is 9.84 Å². The molecule has 0 saturated heterocycles. The average molecular weight is 444 g/mol. The number of aryl methyl sites for hydroxylation is 1. The standard InChI is InChI=1S/C27H26FN3O2/c1-3-18-31(26(32)21-14-16-22(28)17-15-21)19-24-25(20-10-6-4-7-11-20)29-30(2)27(24)33-23-12-8-5-9-13-23/h4-17H,3,18-19H2,1-2H3. The summed E-state index contributed by atoms with van der Waals surface area (Å²) in [6.07, 6.45) is 0.780. The molecule has 6 heteroatoms. The molecule has 0 aliphatic rings. The van der Waals surface area contributed by atoms with Crippen LogP contribution in [0.2, 0.25) is 0 Å². The Morgan fingerprint density at radius 3 is 2.24 bits per heavy atom. The lowest BCUT2D eigenvalue weighted by Gasteiger charge is -2.23. The second kappa shape index (κ2) is 10.1. The second-order valence-electron chi connectivity index (χ2n) is 7.77. The largest absolute Gasteiger partial charge is 0.439 e. The van der Waals surface area contributed by atoms with E-state index in [-0.39, 0.29) is 11.7 Å². The normalized spacial score (nSPS) is 10.8. The van der Waals surface area contributed by atoms with Crippen molar-refractivity contribution in [3.8, 4) is 22.9 Å². The number of carbonyl (C=O) groups excluding carboxylic acids is 1. The van der Waals surface area contributed by atoms with Crippen LogP contribution in [-0.4, -0.2) is 27.1 Å². The highest BCUT2D eigenvalue weighted by atomic mass is 19.1. The van der Waals surface area contributed by atoms with Crippen LogP contribution in [0.5, 0.6) is 11.6 Å². The van der Waals surface area contributed by atoms with Crippen LogP contribution in [-0.2, 0) is 13.6 Å². The van der Waals surface area contributed by atoms with E-state index >= 15 is 0 Å². The zero-order chi connectivity index (χ0) is 23.2. The van der Waals surface area contributed by atoms with Crippen LogP contribution >= 0.6 is 0 Å². The molecule has 0 fully saturated rings. The van der Waals surface area contributed by atoms with E-state index in [0.717, 1.165) is 23.2 Å².